The molecule has 1 atom stereocenters. The molecule has 0 saturated heterocycles. The van der Waals surface area contributed by atoms with E-state index in [0.29, 0.717) is 12.2 Å². The summed E-state index contributed by atoms with van der Waals surface area (Å²) >= 11 is 0. The van der Waals surface area contributed by atoms with Crippen molar-refractivity contribution in [3.63, 3.8) is 0 Å². The van der Waals surface area contributed by atoms with Gasteiger partial charge in [-0.2, -0.15) is 0 Å². The van der Waals surface area contributed by atoms with E-state index in [-0.39, 0.29) is 5.91 Å². The minimum atomic E-state index is -3.60. The molecule has 2 rings (SSSR count). The van der Waals surface area contributed by atoms with Gasteiger partial charge in [0.15, 0.2) is 0 Å². The minimum absolute atomic E-state index is 0.318. The second kappa shape index (κ2) is 9.59. The first-order valence-corrected chi connectivity index (χ1v) is 11.0. The maximum Gasteiger partial charge on any atom is 0.243 e. The highest BCUT2D eigenvalue weighted by atomic mass is 32.2. The second-order valence-corrected chi connectivity index (χ2v) is 8.68. The number of carbonyl (C=O) groups excluding carboxylic acids is 1. The Kier molecular flexibility index (Phi) is 7.45. The number of ether oxygens (including phenoxy) is 1. The first kappa shape index (κ1) is 21.8. The van der Waals surface area contributed by atoms with Gasteiger partial charge in [0, 0.05) is 6.54 Å². The van der Waals surface area contributed by atoms with E-state index in [2.05, 4.69) is 5.32 Å². The van der Waals surface area contributed by atoms with Crippen LogP contribution in [0.3, 0.4) is 0 Å². The zero-order chi connectivity index (χ0) is 20.7. The van der Waals surface area contributed by atoms with Crippen LogP contribution in [0.4, 0.5) is 5.69 Å². The van der Waals surface area contributed by atoms with Crippen molar-refractivity contribution in [3.8, 4) is 5.75 Å². The van der Waals surface area contributed by atoms with Crippen molar-refractivity contribution in [2.45, 2.75) is 32.7 Å². The van der Waals surface area contributed by atoms with Gasteiger partial charge in [0.2, 0.25) is 15.9 Å². The lowest BCUT2D eigenvalue weighted by Crippen LogP contribution is -2.48. The average Bonchev–Trinajstić information content (AvgIpc) is 2.64. The lowest BCUT2D eigenvalue weighted by atomic mass is 10.1. The topological polar surface area (TPSA) is 75.7 Å². The lowest BCUT2D eigenvalue weighted by Gasteiger charge is -2.28. The number of aryl methyl sites for hydroxylation is 2. The Labute approximate surface area is 167 Å². The van der Waals surface area contributed by atoms with E-state index in [4.69, 9.17) is 4.74 Å². The minimum Gasteiger partial charge on any atom is -0.497 e. The Morgan fingerprint density at radius 3 is 2.43 bits per heavy atom. The number of carbonyl (C=O) groups is 1. The summed E-state index contributed by atoms with van der Waals surface area (Å²) in [6.45, 7) is 3.96. The molecule has 0 fully saturated rings. The van der Waals surface area contributed by atoms with E-state index < -0.39 is 16.1 Å². The Bertz CT molecular complexity index is 895. The molecule has 0 spiro atoms. The van der Waals surface area contributed by atoms with E-state index >= 15 is 0 Å². The van der Waals surface area contributed by atoms with Gasteiger partial charge >= 0.3 is 0 Å². The number of amides is 1. The molecule has 0 aromatic heterocycles. The fraction of sp³-hybridized carbons (Fsp3) is 0.381. The lowest BCUT2D eigenvalue weighted by molar-refractivity contribution is -0.121. The van der Waals surface area contributed by atoms with Gasteiger partial charge in [-0.15, -0.1) is 0 Å². The van der Waals surface area contributed by atoms with Crippen molar-refractivity contribution in [3.05, 3.63) is 59.7 Å². The summed E-state index contributed by atoms with van der Waals surface area (Å²) in [4.78, 5) is 12.6. The molecule has 7 heteroatoms. The third kappa shape index (κ3) is 5.99. The molecule has 28 heavy (non-hydrogen) atoms. The number of nitrogens with one attached hydrogen (secondary N) is 1. The van der Waals surface area contributed by atoms with Crippen LogP contribution in [0, 0.1) is 6.92 Å². The second-order valence-electron chi connectivity index (χ2n) is 6.82. The van der Waals surface area contributed by atoms with Gasteiger partial charge < -0.3 is 10.1 Å². The van der Waals surface area contributed by atoms with Gasteiger partial charge in [-0.1, -0.05) is 24.3 Å². The van der Waals surface area contributed by atoms with Crippen LogP contribution < -0.4 is 14.4 Å². The van der Waals surface area contributed by atoms with Gasteiger partial charge in [0.1, 0.15) is 11.8 Å². The van der Waals surface area contributed by atoms with E-state index in [1.807, 2.05) is 37.3 Å². The normalized spacial score (nSPS) is 12.3. The highest BCUT2D eigenvalue weighted by Gasteiger charge is 2.28. The van der Waals surface area contributed by atoms with Crippen LogP contribution in [0.25, 0.3) is 0 Å². The third-order valence-corrected chi connectivity index (χ3v) is 5.69. The molecule has 0 aliphatic heterocycles. The fourth-order valence-corrected chi connectivity index (χ4v) is 4.18. The maximum atomic E-state index is 12.6. The van der Waals surface area contributed by atoms with E-state index in [1.54, 1.807) is 32.2 Å². The molecule has 0 heterocycles. The Hall–Kier alpha value is -2.54. The fourth-order valence-electron chi connectivity index (χ4n) is 3.02. The Morgan fingerprint density at radius 2 is 1.86 bits per heavy atom. The maximum absolute atomic E-state index is 12.6. The quantitative estimate of drug-likeness (QED) is 0.652. The highest BCUT2D eigenvalue weighted by Crippen LogP contribution is 2.22. The van der Waals surface area contributed by atoms with Crippen molar-refractivity contribution in [1.29, 1.82) is 0 Å². The number of hydrogen-bond acceptors (Lipinski definition) is 4. The predicted octanol–water partition coefficient (Wildman–Crippen LogP) is 2.91. The van der Waals surface area contributed by atoms with Crippen LogP contribution >= 0.6 is 0 Å². The molecule has 0 bridgehead atoms. The first-order chi connectivity index (χ1) is 13.2. The number of nitrogens with zero attached hydrogens (tertiary/aromatic N) is 1. The molecule has 0 aliphatic rings. The largest absolute Gasteiger partial charge is 0.497 e. The number of rotatable bonds is 9. The standard InChI is InChI=1S/C21H28N2O4S/c1-16-7-5-9-19(15-16)23(28(4,25)26)17(2)21(24)22-14-6-8-18-10-12-20(27-3)13-11-18/h5,7,9-13,15,17H,6,8,14H2,1-4H3,(H,22,24)/t17-/m1/s1. The molecule has 0 unspecified atom stereocenters. The summed E-state index contributed by atoms with van der Waals surface area (Å²) in [6, 6.07) is 14.1. The highest BCUT2D eigenvalue weighted by molar-refractivity contribution is 7.92. The zero-order valence-electron chi connectivity index (χ0n) is 16.8. The molecular formula is C21H28N2O4S. The van der Waals surface area contributed by atoms with Crippen LogP contribution in [0.1, 0.15) is 24.5 Å². The summed E-state index contributed by atoms with van der Waals surface area (Å²) in [6.07, 6.45) is 2.68. The number of methoxy groups -OCH3 is 1. The first-order valence-electron chi connectivity index (χ1n) is 9.19. The van der Waals surface area contributed by atoms with Gasteiger partial charge in [-0.25, -0.2) is 8.42 Å². The van der Waals surface area contributed by atoms with Gasteiger partial charge in [0.25, 0.3) is 0 Å². The van der Waals surface area contributed by atoms with E-state index in [0.717, 1.165) is 36.0 Å². The SMILES string of the molecule is COc1ccc(CCCNC(=O)[C@@H](C)N(c2cccc(C)c2)S(C)(=O)=O)cc1. The van der Waals surface area contributed by atoms with Gasteiger partial charge in [-0.3, -0.25) is 9.10 Å². The molecule has 0 aliphatic carbocycles. The monoisotopic (exact) mass is 404 g/mol. The molecule has 0 saturated carbocycles. The predicted molar refractivity (Wildman–Crippen MR) is 112 cm³/mol. The summed E-state index contributed by atoms with van der Waals surface area (Å²) in [5.74, 6) is 0.490. The van der Waals surface area contributed by atoms with Crippen molar-refractivity contribution >= 4 is 21.6 Å². The van der Waals surface area contributed by atoms with Crippen LogP contribution in [0.15, 0.2) is 48.5 Å². The van der Waals surface area contributed by atoms with Crippen molar-refractivity contribution < 1.29 is 17.9 Å². The molecule has 1 amide bonds. The number of anilines is 1. The van der Waals surface area contributed by atoms with Crippen LogP contribution in [0.5, 0.6) is 5.75 Å². The number of sulfonamides is 1. The van der Waals surface area contributed by atoms with Gasteiger partial charge in [-0.05, 0) is 62.1 Å². The van der Waals surface area contributed by atoms with Crippen LogP contribution in [-0.2, 0) is 21.2 Å². The number of benzene rings is 2. The van der Waals surface area contributed by atoms with Crippen molar-refractivity contribution in [2.75, 3.05) is 24.2 Å². The van der Waals surface area contributed by atoms with Crippen LogP contribution in [0.2, 0.25) is 0 Å². The Balaban J connectivity index is 1.95. The molecule has 2 aromatic rings. The van der Waals surface area contributed by atoms with E-state index in [1.165, 1.54) is 4.31 Å². The average molecular weight is 405 g/mol. The zero-order valence-corrected chi connectivity index (χ0v) is 17.6. The van der Waals surface area contributed by atoms with Crippen molar-refractivity contribution in [1.82, 2.24) is 5.32 Å². The summed E-state index contributed by atoms with van der Waals surface area (Å²) in [7, 11) is -1.97. The third-order valence-electron chi connectivity index (χ3n) is 4.45. The molecule has 2 aromatic carbocycles. The molecule has 0 radical (unpaired) electrons. The van der Waals surface area contributed by atoms with E-state index in [9.17, 15) is 13.2 Å². The van der Waals surface area contributed by atoms with Gasteiger partial charge in [0.05, 0.1) is 19.1 Å². The molecule has 1 N–H and O–H groups in total. The Morgan fingerprint density at radius 1 is 1.18 bits per heavy atom. The summed E-state index contributed by atoms with van der Waals surface area (Å²) in [5.41, 5.74) is 2.57. The summed E-state index contributed by atoms with van der Waals surface area (Å²) in [5, 5.41) is 2.84. The molecule has 6 nitrogen and oxygen atoms in total. The van der Waals surface area contributed by atoms with Crippen LogP contribution in [-0.4, -0.2) is 40.3 Å². The molecule has 152 valence electrons. The molecular weight excluding hydrogens is 376 g/mol. The summed E-state index contributed by atoms with van der Waals surface area (Å²) < 4.78 is 30.9. The van der Waals surface area contributed by atoms with Crippen molar-refractivity contribution in [2.24, 2.45) is 0 Å². The number of hydrogen-bond donors (Lipinski definition) is 1. The smallest absolute Gasteiger partial charge is 0.243 e.